The van der Waals surface area contributed by atoms with Gasteiger partial charge in [-0.1, -0.05) is 17.4 Å². The van der Waals surface area contributed by atoms with Gasteiger partial charge in [0.2, 0.25) is 0 Å². The van der Waals surface area contributed by atoms with Gasteiger partial charge >= 0.3 is 0 Å². The fraction of sp³-hybridized carbons (Fsp3) is 0.154. The summed E-state index contributed by atoms with van der Waals surface area (Å²) >= 11 is 1.67. The van der Waals surface area contributed by atoms with Gasteiger partial charge in [-0.25, -0.2) is 4.98 Å². The molecule has 0 unspecified atom stereocenters. The Balaban J connectivity index is 1.81. The van der Waals surface area contributed by atoms with Crippen LogP contribution < -0.4 is 5.32 Å². The number of furan rings is 1. The summed E-state index contributed by atoms with van der Waals surface area (Å²) in [5.41, 5.74) is 2.31. The monoisotopic (exact) mass is 244 g/mol. The highest BCUT2D eigenvalue weighted by molar-refractivity contribution is 7.22. The van der Waals surface area contributed by atoms with Crippen molar-refractivity contribution in [3.05, 3.63) is 47.9 Å². The lowest BCUT2D eigenvalue weighted by Gasteiger charge is -1.97. The lowest BCUT2D eigenvalue weighted by atomic mass is 10.2. The molecule has 2 heterocycles. The summed E-state index contributed by atoms with van der Waals surface area (Å²) in [5, 5.41) is 4.20. The topological polar surface area (TPSA) is 38.1 Å². The fourth-order valence-corrected chi connectivity index (χ4v) is 2.64. The normalized spacial score (nSPS) is 10.9. The van der Waals surface area contributed by atoms with Gasteiger partial charge in [0.05, 0.1) is 23.0 Å². The second kappa shape index (κ2) is 4.22. The Hall–Kier alpha value is -1.81. The van der Waals surface area contributed by atoms with E-state index in [0.29, 0.717) is 6.54 Å². The number of hydrogen-bond donors (Lipinski definition) is 1. The first-order chi connectivity index (χ1) is 8.31. The molecule has 0 spiro atoms. The van der Waals surface area contributed by atoms with Crippen molar-refractivity contribution in [3.63, 3.8) is 0 Å². The van der Waals surface area contributed by atoms with Gasteiger partial charge < -0.3 is 9.73 Å². The molecule has 86 valence electrons. The first-order valence-electron chi connectivity index (χ1n) is 5.45. The molecule has 0 radical (unpaired) electrons. The Bertz CT molecular complexity index is 628. The predicted octanol–water partition coefficient (Wildman–Crippen LogP) is 3.81. The van der Waals surface area contributed by atoms with Crippen molar-refractivity contribution in [2.75, 3.05) is 5.32 Å². The summed E-state index contributed by atoms with van der Waals surface area (Å²) in [6, 6.07) is 10.1. The van der Waals surface area contributed by atoms with Crippen LogP contribution in [0.4, 0.5) is 5.13 Å². The Morgan fingerprint density at radius 2 is 2.29 bits per heavy atom. The highest BCUT2D eigenvalue weighted by Crippen LogP contribution is 2.26. The predicted molar refractivity (Wildman–Crippen MR) is 70.4 cm³/mol. The summed E-state index contributed by atoms with van der Waals surface area (Å²) < 4.78 is 6.48. The van der Waals surface area contributed by atoms with Crippen LogP contribution in [0.15, 0.2) is 41.0 Å². The van der Waals surface area contributed by atoms with Crippen LogP contribution in [0.1, 0.15) is 11.3 Å². The molecule has 0 aliphatic rings. The van der Waals surface area contributed by atoms with E-state index in [2.05, 4.69) is 35.4 Å². The van der Waals surface area contributed by atoms with Crippen LogP contribution in [0.5, 0.6) is 0 Å². The van der Waals surface area contributed by atoms with Crippen molar-refractivity contribution >= 4 is 26.7 Å². The molecule has 3 aromatic rings. The average Bonchev–Trinajstić information content (AvgIpc) is 2.94. The number of rotatable bonds is 3. The van der Waals surface area contributed by atoms with Gasteiger partial charge in [-0.2, -0.15) is 0 Å². The largest absolute Gasteiger partial charge is 0.467 e. The molecule has 3 nitrogen and oxygen atoms in total. The molecule has 0 amide bonds. The number of aromatic nitrogens is 1. The molecule has 0 aliphatic carbocycles. The maximum atomic E-state index is 5.26. The second-order valence-corrected chi connectivity index (χ2v) is 4.95. The van der Waals surface area contributed by atoms with Gasteiger partial charge in [-0.05, 0) is 36.8 Å². The minimum atomic E-state index is 0.672. The van der Waals surface area contributed by atoms with Gasteiger partial charge in [-0.15, -0.1) is 0 Å². The van der Waals surface area contributed by atoms with Crippen molar-refractivity contribution in [3.8, 4) is 0 Å². The molecule has 0 bridgehead atoms. The zero-order valence-electron chi connectivity index (χ0n) is 9.43. The standard InChI is InChI=1S/C13H12N2OS/c1-9-4-5-11-12(7-9)17-13(15-11)14-8-10-3-2-6-16-10/h2-7H,8H2,1H3,(H,14,15). The van der Waals surface area contributed by atoms with Gasteiger partial charge in [0, 0.05) is 0 Å². The quantitative estimate of drug-likeness (QED) is 0.761. The van der Waals surface area contributed by atoms with Gasteiger partial charge in [0.25, 0.3) is 0 Å². The highest BCUT2D eigenvalue weighted by atomic mass is 32.1. The van der Waals surface area contributed by atoms with E-state index in [1.165, 1.54) is 10.3 Å². The zero-order chi connectivity index (χ0) is 11.7. The summed E-state index contributed by atoms with van der Waals surface area (Å²) in [6.07, 6.45) is 1.68. The Morgan fingerprint density at radius 1 is 1.35 bits per heavy atom. The zero-order valence-corrected chi connectivity index (χ0v) is 10.3. The van der Waals surface area contributed by atoms with Crippen LogP contribution in [0.3, 0.4) is 0 Å². The third kappa shape index (κ3) is 2.17. The van der Waals surface area contributed by atoms with Crippen LogP contribution in [0, 0.1) is 6.92 Å². The summed E-state index contributed by atoms with van der Waals surface area (Å²) in [6.45, 7) is 2.76. The molecule has 0 aliphatic heterocycles. The number of anilines is 1. The van der Waals surface area contributed by atoms with Crippen molar-refractivity contribution in [2.24, 2.45) is 0 Å². The first kappa shape index (κ1) is 10.4. The van der Waals surface area contributed by atoms with Crippen LogP contribution in [0.2, 0.25) is 0 Å². The highest BCUT2D eigenvalue weighted by Gasteiger charge is 2.04. The van der Waals surface area contributed by atoms with E-state index in [-0.39, 0.29) is 0 Å². The van der Waals surface area contributed by atoms with E-state index in [0.717, 1.165) is 16.4 Å². The van der Waals surface area contributed by atoms with E-state index in [4.69, 9.17) is 4.42 Å². The van der Waals surface area contributed by atoms with E-state index >= 15 is 0 Å². The minimum Gasteiger partial charge on any atom is -0.467 e. The summed E-state index contributed by atoms with van der Waals surface area (Å²) in [4.78, 5) is 4.52. The molecule has 1 aromatic carbocycles. The van der Waals surface area contributed by atoms with Gasteiger partial charge in [0.15, 0.2) is 5.13 Å². The first-order valence-corrected chi connectivity index (χ1v) is 6.26. The van der Waals surface area contributed by atoms with Crippen molar-refractivity contribution < 1.29 is 4.42 Å². The summed E-state index contributed by atoms with van der Waals surface area (Å²) in [7, 11) is 0. The molecule has 2 aromatic heterocycles. The van der Waals surface area contributed by atoms with E-state index < -0.39 is 0 Å². The number of nitrogens with zero attached hydrogens (tertiary/aromatic N) is 1. The van der Waals surface area contributed by atoms with Crippen LogP contribution in [0.25, 0.3) is 10.2 Å². The third-order valence-corrected chi connectivity index (χ3v) is 3.51. The number of thiazole rings is 1. The number of aryl methyl sites for hydroxylation is 1. The molecule has 0 saturated carbocycles. The van der Waals surface area contributed by atoms with Crippen LogP contribution >= 0.6 is 11.3 Å². The Labute approximate surface area is 103 Å². The Morgan fingerprint density at radius 3 is 3.12 bits per heavy atom. The maximum Gasteiger partial charge on any atom is 0.184 e. The summed E-state index contributed by atoms with van der Waals surface area (Å²) in [5.74, 6) is 0.917. The van der Waals surface area contributed by atoms with E-state index in [9.17, 15) is 0 Å². The molecular weight excluding hydrogens is 232 g/mol. The third-order valence-electron chi connectivity index (χ3n) is 2.54. The SMILES string of the molecule is Cc1ccc2nc(NCc3ccco3)sc2c1. The molecule has 4 heteroatoms. The number of hydrogen-bond acceptors (Lipinski definition) is 4. The van der Waals surface area contributed by atoms with E-state index in [1.54, 1.807) is 17.6 Å². The molecule has 0 atom stereocenters. The lowest BCUT2D eigenvalue weighted by molar-refractivity contribution is 0.518. The molecule has 17 heavy (non-hydrogen) atoms. The minimum absolute atomic E-state index is 0.672. The molecule has 0 fully saturated rings. The number of benzene rings is 1. The number of nitrogens with one attached hydrogen (secondary N) is 1. The van der Waals surface area contributed by atoms with Crippen molar-refractivity contribution in [1.29, 1.82) is 0 Å². The maximum absolute atomic E-state index is 5.26. The molecular formula is C13H12N2OS. The fourth-order valence-electron chi connectivity index (χ4n) is 1.68. The van der Waals surface area contributed by atoms with Crippen LogP contribution in [-0.2, 0) is 6.54 Å². The van der Waals surface area contributed by atoms with Gasteiger partial charge in [-0.3, -0.25) is 0 Å². The van der Waals surface area contributed by atoms with Crippen molar-refractivity contribution in [1.82, 2.24) is 4.98 Å². The van der Waals surface area contributed by atoms with E-state index in [1.807, 2.05) is 12.1 Å². The average molecular weight is 244 g/mol. The van der Waals surface area contributed by atoms with Crippen molar-refractivity contribution in [2.45, 2.75) is 13.5 Å². The number of fused-ring (bicyclic) bond motifs is 1. The molecule has 1 N–H and O–H groups in total. The smallest absolute Gasteiger partial charge is 0.184 e. The Kier molecular flexibility index (Phi) is 2.57. The van der Waals surface area contributed by atoms with Crippen LogP contribution in [-0.4, -0.2) is 4.98 Å². The molecule has 3 rings (SSSR count). The molecule has 0 saturated heterocycles. The second-order valence-electron chi connectivity index (χ2n) is 3.92. The van der Waals surface area contributed by atoms with Gasteiger partial charge in [0.1, 0.15) is 5.76 Å². The lowest BCUT2D eigenvalue weighted by Crippen LogP contribution is -1.96.